The third-order valence-electron chi connectivity index (χ3n) is 4.59. The van der Waals surface area contributed by atoms with Crippen LogP contribution in [0.3, 0.4) is 0 Å². The second-order valence-electron chi connectivity index (χ2n) is 4.86. The van der Waals surface area contributed by atoms with Crippen molar-refractivity contribution >= 4 is 0 Å². The van der Waals surface area contributed by atoms with E-state index in [1.54, 1.807) is 0 Å². The number of hydrogen-bond acceptors (Lipinski definition) is 2. The number of methoxy groups -OCH3 is 2. The van der Waals surface area contributed by atoms with E-state index in [2.05, 4.69) is 0 Å². The van der Waals surface area contributed by atoms with Crippen molar-refractivity contribution in [3.63, 3.8) is 0 Å². The van der Waals surface area contributed by atoms with Crippen molar-refractivity contribution in [2.75, 3.05) is 14.2 Å². The summed E-state index contributed by atoms with van der Waals surface area (Å²) in [5.74, 6) is 3.51. The van der Waals surface area contributed by atoms with Gasteiger partial charge in [0.1, 0.15) is 0 Å². The summed E-state index contributed by atoms with van der Waals surface area (Å²) >= 11 is 0. The van der Waals surface area contributed by atoms with Crippen molar-refractivity contribution in [1.29, 1.82) is 0 Å². The lowest BCUT2D eigenvalue weighted by atomic mass is 9.79. The van der Waals surface area contributed by atoms with Crippen molar-refractivity contribution in [1.82, 2.24) is 0 Å². The first-order valence-corrected chi connectivity index (χ1v) is 5.42. The van der Waals surface area contributed by atoms with Crippen LogP contribution < -0.4 is 0 Å². The Morgan fingerprint density at radius 1 is 0.923 bits per heavy atom. The molecule has 0 radical (unpaired) electrons. The SMILES string of the molecule is CO[C@@H]1C2C3C[C@@H](OC)[C@H]1CC[C@@H]32. The lowest BCUT2D eigenvalue weighted by molar-refractivity contribution is -0.0777. The van der Waals surface area contributed by atoms with Gasteiger partial charge in [0, 0.05) is 20.1 Å². The molecule has 0 aromatic heterocycles. The maximum Gasteiger partial charge on any atom is 0.0657 e. The zero-order chi connectivity index (χ0) is 9.00. The molecule has 2 heteroatoms. The van der Waals surface area contributed by atoms with E-state index in [9.17, 15) is 0 Å². The molecule has 0 heterocycles. The van der Waals surface area contributed by atoms with Crippen molar-refractivity contribution < 1.29 is 9.47 Å². The second kappa shape index (κ2) is 2.71. The van der Waals surface area contributed by atoms with Gasteiger partial charge in [0.05, 0.1) is 12.2 Å². The molecule has 3 saturated carbocycles. The fraction of sp³-hybridized carbons (Fsp3) is 1.00. The predicted octanol–water partition coefficient (Wildman–Crippen LogP) is 1.69. The summed E-state index contributed by atoms with van der Waals surface area (Å²) in [5.41, 5.74) is 0. The summed E-state index contributed by atoms with van der Waals surface area (Å²) in [6.07, 6.45) is 5.06. The quantitative estimate of drug-likeness (QED) is 0.647. The van der Waals surface area contributed by atoms with Crippen molar-refractivity contribution in [3.05, 3.63) is 0 Å². The molecule has 3 rings (SSSR count). The molecule has 74 valence electrons. The van der Waals surface area contributed by atoms with Gasteiger partial charge in [-0.1, -0.05) is 0 Å². The molecule has 0 spiro atoms. The van der Waals surface area contributed by atoms with Gasteiger partial charge in [0.25, 0.3) is 0 Å². The van der Waals surface area contributed by atoms with Crippen LogP contribution in [0.4, 0.5) is 0 Å². The molecule has 0 saturated heterocycles. The highest BCUT2D eigenvalue weighted by atomic mass is 16.5. The van der Waals surface area contributed by atoms with Gasteiger partial charge in [-0.2, -0.15) is 0 Å². The van der Waals surface area contributed by atoms with Gasteiger partial charge in [-0.3, -0.25) is 0 Å². The summed E-state index contributed by atoms with van der Waals surface area (Å²) in [7, 11) is 3.72. The van der Waals surface area contributed by atoms with E-state index >= 15 is 0 Å². The molecule has 3 aliphatic rings. The monoisotopic (exact) mass is 182 g/mol. The minimum Gasteiger partial charge on any atom is -0.381 e. The van der Waals surface area contributed by atoms with Crippen LogP contribution in [0, 0.1) is 23.7 Å². The van der Waals surface area contributed by atoms with E-state index in [0.29, 0.717) is 18.1 Å². The van der Waals surface area contributed by atoms with Gasteiger partial charge >= 0.3 is 0 Å². The first-order valence-electron chi connectivity index (χ1n) is 5.42. The predicted molar refractivity (Wildman–Crippen MR) is 49.4 cm³/mol. The van der Waals surface area contributed by atoms with Gasteiger partial charge in [-0.25, -0.2) is 0 Å². The van der Waals surface area contributed by atoms with Crippen LogP contribution in [0.1, 0.15) is 19.3 Å². The van der Waals surface area contributed by atoms with Crippen LogP contribution in [0.25, 0.3) is 0 Å². The largest absolute Gasteiger partial charge is 0.381 e. The Morgan fingerprint density at radius 3 is 2.38 bits per heavy atom. The van der Waals surface area contributed by atoms with E-state index in [-0.39, 0.29) is 0 Å². The highest BCUT2D eigenvalue weighted by Crippen LogP contribution is 2.64. The van der Waals surface area contributed by atoms with Crippen LogP contribution in [-0.4, -0.2) is 26.4 Å². The van der Waals surface area contributed by atoms with Crippen molar-refractivity contribution in [2.45, 2.75) is 31.5 Å². The van der Waals surface area contributed by atoms with Crippen LogP contribution >= 0.6 is 0 Å². The zero-order valence-corrected chi connectivity index (χ0v) is 8.40. The van der Waals surface area contributed by atoms with Crippen molar-refractivity contribution in [2.24, 2.45) is 23.7 Å². The molecule has 0 N–H and O–H groups in total. The summed E-state index contributed by atoms with van der Waals surface area (Å²) in [6, 6.07) is 0. The maximum atomic E-state index is 5.63. The Kier molecular flexibility index (Phi) is 1.72. The fourth-order valence-electron chi connectivity index (χ4n) is 3.98. The first kappa shape index (κ1) is 8.25. The molecule has 0 aromatic rings. The first-order chi connectivity index (χ1) is 6.36. The lowest BCUT2D eigenvalue weighted by Crippen LogP contribution is -2.41. The highest BCUT2D eigenvalue weighted by molar-refractivity contribution is 5.12. The average molecular weight is 182 g/mol. The second-order valence-corrected chi connectivity index (χ2v) is 4.86. The number of ether oxygens (including phenoxy) is 2. The molecule has 3 aliphatic carbocycles. The Bertz CT molecular complexity index is 216. The normalized spacial score (nSPS) is 57.7. The van der Waals surface area contributed by atoms with Gasteiger partial charge in [0.2, 0.25) is 0 Å². The summed E-state index contributed by atoms with van der Waals surface area (Å²) in [4.78, 5) is 0. The Balaban J connectivity index is 1.85. The Morgan fingerprint density at radius 2 is 1.69 bits per heavy atom. The molecule has 3 fully saturated rings. The summed E-state index contributed by atoms with van der Waals surface area (Å²) in [6.45, 7) is 0. The number of fused-ring (bicyclic) bond motifs is 2. The van der Waals surface area contributed by atoms with Crippen LogP contribution in [-0.2, 0) is 9.47 Å². The topological polar surface area (TPSA) is 18.5 Å². The molecule has 0 aliphatic heterocycles. The van der Waals surface area contributed by atoms with Crippen LogP contribution in [0.15, 0.2) is 0 Å². The molecular formula is C11H18O2. The highest BCUT2D eigenvalue weighted by Gasteiger charge is 2.63. The van der Waals surface area contributed by atoms with E-state index in [1.165, 1.54) is 19.3 Å². The van der Waals surface area contributed by atoms with Gasteiger partial charge in [0.15, 0.2) is 0 Å². The minimum absolute atomic E-state index is 0.485. The van der Waals surface area contributed by atoms with Crippen LogP contribution in [0.2, 0.25) is 0 Å². The van der Waals surface area contributed by atoms with Crippen molar-refractivity contribution in [3.8, 4) is 0 Å². The molecule has 2 unspecified atom stereocenters. The molecule has 2 bridgehead atoms. The third kappa shape index (κ3) is 0.962. The number of rotatable bonds is 2. The minimum atomic E-state index is 0.485. The van der Waals surface area contributed by atoms with E-state index < -0.39 is 0 Å². The third-order valence-corrected chi connectivity index (χ3v) is 4.59. The standard InChI is InChI=1S/C11H18O2/c1-12-9-5-8-6-3-4-7(9)11(13-2)10(6)8/h6-11H,3-5H2,1-2H3/t6-,7+,8?,9+,10?,11-/m0/s1. The molecule has 13 heavy (non-hydrogen) atoms. The van der Waals surface area contributed by atoms with Gasteiger partial charge in [-0.15, -0.1) is 0 Å². The molecule has 0 aromatic carbocycles. The lowest BCUT2D eigenvalue weighted by Gasteiger charge is -2.37. The maximum absolute atomic E-state index is 5.63. The zero-order valence-electron chi connectivity index (χ0n) is 8.40. The smallest absolute Gasteiger partial charge is 0.0657 e. The van der Waals surface area contributed by atoms with Crippen LogP contribution in [0.5, 0.6) is 0 Å². The van der Waals surface area contributed by atoms with Gasteiger partial charge in [-0.05, 0) is 37.0 Å². The Labute approximate surface area is 79.6 Å². The fourth-order valence-corrected chi connectivity index (χ4v) is 3.98. The molecule has 2 nitrogen and oxygen atoms in total. The van der Waals surface area contributed by atoms with E-state index in [4.69, 9.17) is 9.47 Å². The Hall–Kier alpha value is -0.0800. The summed E-state index contributed by atoms with van der Waals surface area (Å²) < 4.78 is 11.2. The average Bonchev–Trinajstić information content (AvgIpc) is 2.90. The molecule has 0 amide bonds. The number of hydrogen-bond donors (Lipinski definition) is 0. The van der Waals surface area contributed by atoms with E-state index in [1.807, 2.05) is 14.2 Å². The van der Waals surface area contributed by atoms with Gasteiger partial charge < -0.3 is 9.47 Å². The van der Waals surface area contributed by atoms with E-state index in [0.717, 1.165) is 17.8 Å². The molecular weight excluding hydrogens is 164 g/mol. The summed E-state index contributed by atoms with van der Waals surface area (Å²) in [5, 5.41) is 0. The molecule has 6 atom stereocenters.